The van der Waals surface area contributed by atoms with Crippen LogP contribution in [-0.4, -0.2) is 35.8 Å². The van der Waals surface area contributed by atoms with Crippen LogP contribution in [0.1, 0.15) is 35.2 Å². The third kappa shape index (κ3) is 5.47. The Hall–Kier alpha value is -2.04. The van der Waals surface area contributed by atoms with Crippen LogP contribution in [0.3, 0.4) is 0 Å². The molecule has 0 bridgehead atoms. The zero-order chi connectivity index (χ0) is 19.2. The number of aryl methyl sites for hydroxylation is 1. The number of amides is 2. The molecule has 6 heteroatoms. The van der Waals surface area contributed by atoms with Crippen molar-refractivity contribution in [1.82, 2.24) is 10.2 Å². The van der Waals surface area contributed by atoms with Gasteiger partial charge in [0.15, 0.2) is 0 Å². The first-order chi connectivity index (χ1) is 13.0. The number of likely N-dealkylation sites (tertiary alicyclic amines) is 1. The lowest BCUT2D eigenvalue weighted by molar-refractivity contribution is -0.122. The van der Waals surface area contributed by atoms with E-state index in [0.717, 1.165) is 18.4 Å². The van der Waals surface area contributed by atoms with E-state index in [-0.39, 0.29) is 17.9 Å². The summed E-state index contributed by atoms with van der Waals surface area (Å²) in [7, 11) is 0. The van der Waals surface area contributed by atoms with Crippen LogP contribution in [-0.2, 0) is 11.2 Å². The molecule has 27 heavy (non-hydrogen) atoms. The maximum Gasteiger partial charge on any atom is 0.255 e. The molecule has 1 heterocycles. The number of nitrogens with one attached hydrogen (secondary N) is 1. The third-order valence-corrected chi connectivity index (χ3v) is 5.39. The number of carbonyl (C=O) groups is 2. The van der Waals surface area contributed by atoms with Gasteiger partial charge in [0.2, 0.25) is 5.91 Å². The molecule has 1 fully saturated rings. The van der Waals surface area contributed by atoms with E-state index >= 15 is 0 Å². The number of halogens is 2. The molecule has 4 nitrogen and oxygen atoms in total. The second kappa shape index (κ2) is 9.25. The fourth-order valence-electron chi connectivity index (χ4n) is 3.24. The van der Waals surface area contributed by atoms with Gasteiger partial charge in [0.1, 0.15) is 0 Å². The molecule has 0 atom stereocenters. The van der Waals surface area contributed by atoms with Gasteiger partial charge in [0.25, 0.3) is 5.91 Å². The lowest BCUT2D eigenvalue weighted by Crippen LogP contribution is -2.46. The SMILES string of the molecule is O=C(CCc1ccc(Cl)cc1)NC1CCN(C(=O)c2ccccc2Cl)CC1. The number of hydrogen-bond donors (Lipinski definition) is 1. The fourth-order valence-corrected chi connectivity index (χ4v) is 3.58. The van der Waals surface area contributed by atoms with Gasteiger partial charge in [-0.25, -0.2) is 0 Å². The summed E-state index contributed by atoms with van der Waals surface area (Å²) in [5, 5.41) is 4.25. The molecule has 0 aromatic heterocycles. The number of benzene rings is 2. The Morgan fingerprint density at radius 3 is 2.33 bits per heavy atom. The van der Waals surface area contributed by atoms with E-state index in [0.29, 0.717) is 41.5 Å². The van der Waals surface area contributed by atoms with Gasteiger partial charge < -0.3 is 10.2 Å². The highest BCUT2D eigenvalue weighted by molar-refractivity contribution is 6.33. The minimum absolute atomic E-state index is 0.0424. The van der Waals surface area contributed by atoms with Gasteiger partial charge in [-0.2, -0.15) is 0 Å². The summed E-state index contributed by atoms with van der Waals surface area (Å²) in [6.07, 6.45) is 2.64. The van der Waals surface area contributed by atoms with Crippen LogP contribution in [0.5, 0.6) is 0 Å². The molecule has 1 N–H and O–H groups in total. The highest BCUT2D eigenvalue weighted by atomic mass is 35.5. The van der Waals surface area contributed by atoms with Crippen LogP contribution >= 0.6 is 23.2 Å². The lowest BCUT2D eigenvalue weighted by Gasteiger charge is -2.32. The monoisotopic (exact) mass is 404 g/mol. The van der Waals surface area contributed by atoms with Crippen molar-refractivity contribution in [2.75, 3.05) is 13.1 Å². The van der Waals surface area contributed by atoms with Crippen molar-refractivity contribution >= 4 is 35.0 Å². The molecule has 2 aromatic rings. The molecule has 142 valence electrons. The van der Waals surface area contributed by atoms with E-state index in [4.69, 9.17) is 23.2 Å². The standard InChI is InChI=1S/C21H22Cl2N2O2/c22-16-8-5-15(6-9-16)7-10-20(26)24-17-11-13-25(14-12-17)21(27)18-3-1-2-4-19(18)23/h1-6,8-9,17H,7,10-14H2,(H,24,26). The zero-order valence-corrected chi connectivity index (χ0v) is 16.5. The predicted octanol–water partition coefficient (Wildman–Crippen LogP) is 4.35. The van der Waals surface area contributed by atoms with Crippen molar-refractivity contribution in [3.8, 4) is 0 Å². The smallest absolute Gasteiger partial charge is 0.255 e. The van der Waals surface area contributed by atoms with Gasteiger partial charge in [-0.05, 0) is 49.1 Å². The summed E-state index contributed by atoms with van der Waals surface area (Å²) in [6.45, 7) is 1.23. The summed E-state index contributed by atoms with van der Waals surface area (Å²) in [4.78, 5) is 26.6. The molecule has 0 saturated carbocycles. The van der Waals surface area contributed by atoms with E-state index in [1.165, 1.54) is 0 Å². The maximum atomic E-state index is 12.6. The maximum absolute atomic E-state index is 12.6. The Morgan fingerprint density at radius 2 is 1.67 bits per heavy atom. The summed E-state index contributed by atoms with van der Waals surface area (Å²) in [6, 6.07) is 14.7. The van der Waals surface area contributed by atoms with Crippen molar-refractivity contribution in [1.29, 1.82) is 0 Å². The van der Waals surface area contributed by atoms with E-state index in [1.54, 1.807) is 17.0 Å². The number of nitrogens with zero attached hydrogens (tertiary/aromatic N) is 1. The summed E-state index contributed by atoms with van der Waals surface area (Å²) in [5.74, 6) is -0.00561. The summed E-state index contributed by atoms with van der Waals surface area (Å²) < 4.78 is 0. The highest BCUT2D eigenvalue weighted by Crippen LogP contribution is 2.20. The second-order valence-electron chi connectivity index (χ2n) is 6.74. The number of piperidine rings is 1. The average molecular weight is 405 g/mol. The van der Waals surface area contributed by atoms with Gasteiger partial charge in [0, 0.05) is 30.6 Å². The van der Waals surface area contributed by atoms with Crippen molar-refractivity contribution < 1.29 is 9.59 Å². The van der Waals surface area contributed by atoms with Crippen LogP contribution in [0.4, 0.5) is 0 Å². The number of rotatable bonds is 5. The normalized spacial score (nSPS) is 14.8. The molecule has 1 aliphatic heterocycles. The molecule has 1 saturated heterocycles. The molecule has 0 aliphatic carbocycles. The zero-order valence-electron chi connectivity index (χ0n) is 15.0. The molecule has 0 unspecified atom stereocenters. The molecule has 1 aliphatic rings. The Bertz CT molecular complexity index is 800. The summed E-state index contributed by atoms with van der Waals surface area (Å²) >= 11 is 12.0. The Morgan fingerprint density at radius 1 is 1.00 bits per heavy atom. The van der Waals surface area contributed by atoms with Crippen LogP contribution in [0, 0.1) is 0 Å². The molecular formula is C21H22Cl2N2O2. The third-order valence-electron chi connectivity index (χ3n) is 4.81. The molecule has 2 amide bonds. The second-order valence-corrected chi connectivity index (χ2v) is 7.58. The van der Waals surface area contributed by atoms with Crippen molar-refractivity contribution in [2.24, 2.45) is 0 Å². The molecule has 3 rings (SSSR count). The Kier molecular flexibility index (Phi) is 6.75. The molecule has 0 radical (unpaired) electrons. The first kappa shape index (κ1) is 19.7. The van der Waals surface area contributed by atoms with Crippen LogP contribution in [0.2, 0.25) is 10.0 Å². The predicted molar refractivity (Wildman–Crippen MR) is 108 cm³/mol. The van der Waals surface area contributed by atoms with Gasteiger partial charge in [-0.1, -0.05) is 47.5 Å². The van der Waals surface area contributed by atoms with Crippen LogP contribution < -0.4 is 5.32 Å². The Balaban J connectivity index is 1.43. The van der Waals surface area contributed by atoms with Crippen molar-refractivity contribution in [2.45, 2.75) is 31.7 Å². The van der Waals surface area contributed by atoms with Gasteiger partial charge in [-0.3, -0.25) is 9.59 Å². The first-order valence-corrected chi connectivity index (χ1v) is 9.86. The minimum Gasteiger partial charge on any atom is -0.353 e. The fraction of sp³-hybridized carbons (Fsp3) is 0.333. The topological polar surface area (TPSA) is 49.4 Å². The minimum atomic E-state index is -0.0480. The quantitative estimate of drug-likeness (QED) is 0.804. The summed E-state index contributed by atoms with van der Waals surface area (Å²) in [5.41, 5.74) is 1.62. The lowest BCUT2D eigenvalue weighted by atomic mass is 10.0. The highest BCUT2D eigenvalue weighted by Gasteiger charge is 2.25. The average Bonchev–Trinajstić information content (AvgIpc) is 2.68. The number of hydrogen-bond acceptors (Lipinski definition) is 2. The van der Waals surface area contributed by atoms with Crippen molar-refractivity contribution in [3.63, 3.8) is 0 Å². The largest absolute Gasteiger partial charge is 0.353 e. The Labute approximate surface area is 169 Å². The van der Waals surface area contributed by atoms with Crippen LogP contribution in [0.25, 0.3) is 0 Å². The van der Waals surface area contributed by atoms with E-state index in [9.17, 15) is 9.59 Å². The van der Waals surface area contributed by atoms with E-state index in [1.807, 2.05) is 36.4 Å². The first-order valence-electron chi connectivity index (χ1n) is 9.10. The molecule has 0 spiro atoms. The van der Waals surface area contributed by atoms with Crippen LogP contribution in [0.15, 0.2) is 48.5 Å². The van der Waals surface area contributed by atoms with Gasteiger partial charge >= 0.3 is 0 Å². The van der Waals surface area contributed by atoms with Gasteiger partial charge in [0.05, 0.1) is 10.6 Å². The van der Waals surface area contributed by atoms with Crippen molar-refractivity contribution in [3.05, 3.63) is 69.7 Å². The van der Waals surface area contributed by atoms with E-state index < -0.39 is 0 Å². The molecular weight excluding hydrogens is 383 g/mol. The van der Waals surface area contributed by atoms with E-state index in [2.05, 4.69) is 5.32 Å². The molecule has 2 aromatic carbocycles. The number of carbonyl (C=O) groups excluding carboxylic acids is 2. The van der Waals surface area contributed by atoms with Gasteiger partial charge in [-0.15, -0.1) is 0 Å².